The number of hydrogen-bond acceptors (Lipinski definition) is 6. The average Bonchev–Trinajstić information content (AvgIpc) is 3.28. The minimum Gasteiger partial charge on any atom is -0.452 e. The SMILES string of the molecule is C[C@H](OC(=O)[C@@H]1CC(=O)Nc2cc(F)ccc21)C(=O)N(c1nccs1)C1CCCCC1. The summed E-state index contributed by atoms with van der Waals surface area (Å²) in [5.41, 5.74) is 0.735. The Labute approximate surface area is 183 Å². The maximum atomic E-state index is 13.5. The fourth-order valence-corrected chi connectivity index (χ4v) is 4.97. The molecule has 1 N–H and O–H groups in total. The molecule has 0 bridgehead atoms. The van der Waals surface area contributed by atoms with Crippen LogP contribution in [-0.4, -0.2) is 34.9 Å². The molecule has 1 saturated carbocycles. The summed E-state index contributed by atoms with van der Waals surface area (Å²) in [5, 5.41) is 4.98. The Kier molecular flexibility index (Phi) is 6.31. The highest BCUT2D eigenvalue weighted by Crippen LogP contribution is 2.34. The molecule has 31 heavy (non-hydrogen) atoms. The van der Waals surface area contributed by atoms with Crippen LogP contribution >= 0.6 is 11.3 Å². The van der Waals surface area contributed by atoms with Crippen molar-refractivity contribution in [3.8, 4) is 0 Å². The van der Waals surface area contributed by atoms with Gasteiger partial charge in [-0.05, 0) is 37.5 Å². The van der Waals surface area contributed by atoms with Gasteiger partial charge in [-0.2, -0.15) is 0 Å². The van der Waals surface area contributed by atoms with Crippen LogP contribution in [0.25, 0.3) is 0 Å². The van der Waals surface area contributed by atoms with Gasteiger partial charge in [0.05, 0.1) is 5.92 Å². The normalized spacial score (nSPS) is 19.8. The van der Waals surface area contributed by atoms with Gasteiger partial charge in [0.1, 0.15) is 5.82 Å². The van der Waals surface area contributed by atoms with Crippen molar-refractivity contribution in [1.82, 2.24) is 4.98 Å². The topological polar surface area (TPSA) is 88.6 Å². The monoisotopic (exact) mass is 445 g/mol. The number of hydrogen-bond donors (Lipinski definition) is 1. The second-order valence-electron chi connectivity index (χ2n) is 7.93. The van der Waals surface area contributed by atoms with E-state index in [4.69, 9.17) is 4.74 Å². The van der Waals surface area contributed by atoms with Gasteiger partial charge in [-0.15, -0.1) is 11.3 Å². The molecule has 1 aliphatic carbocycles. The number of ether oxygens (including phenoxy) is 1. The van der Waals surface area contributed by atoms with Crippen LogP contribution in [0.3, 0.4) is 0 Å². The molecular formula is C22H24FN3O4S. The standard InChI is InChI=1S/C22H24FN3O4S/c1-13(20(28)26(22-24-9-10-31-22)15-5-3-2-4-6-15)30-21(29)17-12-19(27)25-18-11-14(23)7-8-16(17)18/h7-11,13,15,17H,2-6,12H2,1H3,(H,25,27)/t13-,17+/m0/s1. The summed E-state index contributed by atoms with van der Waals surface area (Å²) in [4.78, 5) is 44.2. The first kappa shape index (κ1) is 21.4. The van der Waals surface area contributed by atoms with E-state index in [1.165, 1.54) is 36.5 Å². The summed E-state index contributed by atoms with van der Waals surface area (Å²) in [6, 6.07) is 3.90. The third kappa shape index (κ3) is 4.61. The number of thiazole rings is 1. The van der Waals surface area contributed by atoms with Crippen molar-refractivity contribution in [3.05, 3.63) is 41.2 Å². The van der Waals surface area contributed by atoms with Crippen molar-refractivity contribution in [2.24, 2.45) is 0 Å². The molecule has 1 fully saturated rings. The largest absolute Gasteiger partial charge is 0.452 e. The Morgan fingerprint density at radius 2 is 2.06 bits per heavy atom. The van der Waals surface area contributed by atoms with Gasteiger partial charge in [0, 0.05) is 29.7 Å². The van der Waals surface area contributed by atoms with Crippen molar-refractivity contribution < 1.29 is 23.5 Å². The van der Waals surface area contributed by atoms with Crippen molar-refractivity contribution in [2.45, 2.75) is 63.5 Å². The smallest absolute Gasteiger partial charge is 0.314 e. The van der Waals surface area contributed by atoms with Crippen LogP contribution in [0.1, 0.15) is 56.9 Å². The lowest BCUT2D eigenvalue weighted by Gasteiger charge is -2.34. The number of carbonyl (C=O) groups is 3. The molecule has 2 aliphatic rings. The molecule has 164 valence electrons. The third-order valence-electron chi connectivity index (χ3n) is 5.78. The number of nitrogens with zero attached hydrogens (tertiary/aromatic N) is 2. The number of fused-ring (bicyclic) bond motifs is 1. The van der Waals surface area contributed by atoms with E-state index >= 15 is 0 Å². The van der Waals surface area contributed by atoms with Crippen LogP contribution in [0, 0.1) is 5.82 Å². The number of rotatable bonds is 5. The lowest BCUT2D eigenvalue weighted by atomic mass is 9.90. The molecule has 1 aromatic heterocycles. The maximum absolute atomic E-state index is 13.5. The first-order valence-electron chi connectivity index (χ1n) is 10.5. The Morgan fingerprint density at radius 3 is 2.77 bits per heavy atom. The Bertz CT molecular complexity index is 975. The summed E-state index contributed by atoms with van der Waals surface area (Å²) in [7, 11) is 0. The number of anilines is 2. The molecule has 0 spiro atoms. The molecule has 9 heteroatoms. The number of amides is 2. The molecule has 1 aliphatic heterocycles. The molecule has 4 rings (SSSR count). The van der Waals surface area contributed by atoms with E-state index in [1.807, 2.05) is 5.38 Å². The highest BCUT2D eigenvalue weighted by Gasteiger charge is 2.37. The van der Waals surface area contributed by atoms with Gasteiger partial charge in [-0.3, -0.25) is 19.3 Å². The van der Waals surface area contributed by atoms with Crippen LogP contribution in [0.2, 0.25) is 0 Å². The molecule has 2 atom stereocenters. The van der Waals surface area contributed by atoms with Crippen LogP contribution in [0.15, 0.2) is 29.8 Å². The van der Waals surface area contributed by atoms with E-state index in [-0.39, 0.29) is 24.1 Å². The van der Waals surface area contributed by atoms with Gasteiger partial charge in [0.2, 0.25) is 5.91 Å². The average molecular weight is 446 g/mol. The second-order valence-corrected chi connectivity index (χ2v) is 8.80. The molecule has 2 amide bonds. The number of nitrogens with one attached hydrogen (secondary N) is 1. The van der Waals surface area contributed by atoms with Gasteiger partial charge in [-0.25, -0.2) is 9.37 Å². The van der Waals surface area contributed by atoms with Crippen LogP contribution in [0.4, 0.5) is 15.2 Å². The van der Waals surface area contributed by atoms with E-state index in [0.717, 1.165) is 32.1 Å². The number of halogens is 1. The maximum Gasteiger partial charge on any atom is 0.314 e. The fourth-order valence-electron chi connectivity index (χ4n) is 4.25. The Morgan fingerprint density at radius 1 is 1.29 bits per heavy atom. The first-order chi connectivity index (χ1) is 14.9. The van der Waals surface area contributed by atoms with Gasteiger partial charge in [0.25, 0.3) is 5.91 Å². The number of carbonyl (C=O) groups excluding carboxylic acids is 3. The first-order valence-corrected chi connectivity index (χ1v) is 11.3. The van der Waals surface area contributed by atoms with Crippen molar-refractivity contribution in [1.29, 1.82) is 0 Å². The van der Waals surface area contributed by atoms with Crippen molar-refractivity contribution >= 4 is 39.9 Å². The van der Waals surface area contributed by atoms with Crippen LogP contribution in [0.5, 0.6) is 0 Å². The number of esters is 1. The second kappa shape index (κ2) is 9.13. The van der Waals surface area contributed by atoms with Crippen molar-refractivity contribution in [2.75, 3.05) is 10.2 Å². The highest BCUT2D eigenvalue weighted by molar-refractivity contribution is 7.13. The molecule has 1 aromatic carbocycles. The van der Waals surface area contributed by atoms with E-state index in [1.54, 1.807) is 11.1 Å². The lowest BCUT2D eigenvalue weighted by molar-refractivity contribution is -0.156. The molecule has 2 heterocycles. The van der Waals surface area contributed by atoms with E-state index in [9.17, 15) is 18.8 Å². The highest BCUT2D eigenvalue weighted by atomic mass is 32.1. The van der Waals surface area contributed by atoms with Crippen LogP contribution in [-0.2, 0) is 19.1 Å². The van der Waals surface area contributed by atoms with E-state index in [2.05, 4.69) is 10.3 Å². The van der Waals surface area contributed by atoms with Gasteiger partial charge >= 0.3 is 5.97 Å². The molecule has 0 unspecified atom stereocenters. The van der Waals surface area contributed by atoms with E-state index in [0.29, 0.717) is 10.7 Å². The van der Waals surface area contributed by atoms with Gasteiger partial charge in [-0.1, -0.05) is 25.3 Å². The summed E-state index contributed by atoms with van der Waals surface area (Å²) < 4.78 is 19.1. The molecule has 2 aromatic rings. The molecular weight excluding hydrogens is 421 g/mol. The minimum absolute atomic E-state index is 0.0257. The van der Waals surface area contributed by atoms with Crippen molar-refractivity contribution in [3.63, 3.8) is 0 Å². The van der Waals surface area contributed by atoms with Crippen LogP contribution < -0.4 is 10.2 Å². The molecule has 0 radical (unpaired) electrons. The zero-order valence-electron chi connectivity index (χ0n) is 17.2. The van der Waals surface area contributed by atoms with E-state index < -0.39 is 29.7 Å². The zero-order valence-corrected chi connectivity index (χ0v) is 18.0. The fraction of sp³-hybridized carbons (Fsp3) is 0.455. The predicted molar refractivity (Wildman–Crippen MR) is 114 cm³/mol. The Hall–Kier alpha value is -2.81. The lowest BCUT2D eigenvalue weighted by Crippen LogP contribution is -2.47. The minimum atomic E-state index is -1.03. The molecule has 0 saturated heterocycles. The summed E-state index contributed by atoms with van der Waals surface area (Å²) in [5.74, 6) is -2.79. The summed E-state index contributed by atoms with van der Waals surface area (Å²) in [6.07, 6.45) is 5.49. The molecule has 7 nitrogen and oxygen atoms in total. The summed E-state index contributed by atoms with van der Waals surface area (Å²) >= 11 is 1.37. The van der Waals surface area contributed by atoms with Gasteiger partial charge in [0.15, 0.2) is 11.2 Å². The third-order valence-corrected chi connectivity index (χ3v) is 6.55. The predicted octanol–water partition coefficient (Wildman–Crippen LogP) is 4.01. The summed E-state index contributed by atoms with van der Waals surface area (Å²) in [6.45, 7) is 1.54. The number of aromatic nitrogens is 1. The number of benzene rings is 1. The van der Waals surface area contributed by atoms with Gasteiger partial charge < -0.3 is 10.1 Å². The quantitative estimate of drug-likeness (QED) is 0.703. The zero-order chi connectivity index (χ0) is 22.0. The Balaban J connectivity index is 1.51.